The Bertz CT molecular complexity index is 1090. The van der Waals surface area contributed by atoms with Gasteiger partial charge in [0.15, 0.2) is 11.5 Å². The third-order valence-electron chi connectivity index (χ3n) is 8.49. The number of nitrogens with one attached hydrogen (secondary N) is 1. The van der Waals surface area contributed by atoms with E-state index in [0.29, 0.717) is 48.1 Å². The summed E-state index contributed by atoms with van der Waals surface area (Å²) >= 11 is 0. The number of carbonyl (C=O) groups is 2. The monoisotopic (exact) mass is 690 g/mol. The largest absolute Gasteiger partial charge is 1.00 e. The van der Waals surface area contributed by atoms with E-state index < -0.39 is 0 Å². The number of halogens is 1. The molecule has 0 bridgehead atoms. The number of anilines is 1. The van der Waals surface area contributed by atoms with Crippen molar-refractivity contribution >= 4 is 17.6 Å². The Morgan fingerprint density at radius 2 is 1.24 bits per heavy atom. The van der Waals surface area contributed by atoms with Crippen molar-refractivity contribution in [2.45, 2.75) is 105 Å². The highest BCUT2D eigenvalue weighted by molar-refractivity contribution is 6.07. The van der Waals surface area contributed by atoms with Gasteiger partial charge in [0.1, 0.15) is 13.2 Å². The predicted octanol–water partition coefficient (Wildman–Crippen LogP) is 6.06. The van der Waals surface area contributed by atoms with Crippen LogP contribution in [-0.2, 0) is 4.74 Å². The van der Waals surface area contributed by atoms with Crippen LogP contribution >= 0.6 is 0 Å². The normalized spacial score (nSPS) is 11.0. The van der Waals surface area contributed by atoms with Crippen LogP contribution in [0.4, 0.5) is 5.69 Å². The zero-order valence-corrected chi connectivity index (χ0v) is 30.2. The summed E-state index contributed by atoms with van der Waals surface area (Å²) in [4.78, 5) is 26.0. The first-order chi connectivity index (χ1) is 21.4. The summed E-state index contributed by atoms with van der Waals surface area (Å²) in [7, 11) is 2.16. The van der Waals surface area contributed by atoms with Crippen molar-refractivity contribution in [1.29, 1.82) is 0 Å². The van der Waals surface area contributed by atoms with E-state index in [-0.39, 0.29) is 28.9 Å². The van der Waals surface area contributed by atoms with Crippen molar-refractivity contribution in [2.75, 3.05) is 51.8 Å². The fourth-order valence-electron chi connectivity index (χ4n) is 4.95. The molecule has 7 nitrogen and oxygen atoms in total. The number of nitrogens with zero attached hydrogens (tertiary/aromatic N) is 1. The molecule has 254 valence electrons. The molecular weight excluding hydrogens is 632 g/mol. The van der Waals surface area contributed by atoms with Crippen molar-refractivity contribution in [1.82, 2.24) is 0 Å². The number of hydrogen-bond donors (Lipinski definition) is 1. The van der Waals surface area contributed by atoms with Gasteiger partial charge < -0.3 is 41.0 Å². The number of esters is 1. The van der Waals surface area contributed by atoms with E-state index in [1.807, 2.05) is 12.1 Å². The van der Waals surface area contributed by atoms with Crippen molar-refractivity contribution in [3.05, 3.63) is 53.6 Å². The molecule has 0 saturated heterocycles. The third kappa shape index (κ3) is 15.5. The van der Waals surface area contributed by atoms with Crippen LogP contribution in [0.5, 0.6) is 11.5 Å². The second-order valence-electron chi connectivity index (χ2n) is 12.0. The van der Waals surface area contributed by atoms with E-state index in [1.165, 1.54) is 51.4 Å². The minimum Gasteiger partial charge on any atom is -1.00 e. The molecule has 0 saturated carbocycles. The number of amides is 1. The second-order valence-corrected chi connectivity index (χ2v) is 12.0. The standard InChI is InChI=1S/C37H58N2O5.BrH/c1-6-10-12-14-16-18-28-42-34-22-20-21-33(35(34)43-29-19-17-15-13-11-7-2)36(40)38-32-25-23-31(24-26-32)37(41)44-30-27-39(5,8-3)9-4;/h20-26H,6-19,27-30H2,1-5H3;1H. The molecule has 0 fully saturated rings. The number of rotatable bonds is 24. The zero-order valence-electron chi connectivity index (χ0n) is 28.6. The van der Waals surface area contributed by atoms with Gasteiger partial charge in [-0.2, -0.15) is 0 Å². The molecule has 8 heteroatoms. The topological polar surface area (TPSA) is 73.9 Å². The zero-order chi connectivity index (χ0) is 32.0. The summed E-state index contributed by atoms with van der Waals surface area (Å²) in [5.41, 5.74) is 1.49. The first kappa shape index (κ1) is 40.4. The molecule has 0 atom stereocenters. The van der Waals surface area contributed by atoms with Gasteiger partial charge >= 0.3 is 5.97 Å². The number of quaternary nitrogens is 1. The molecule has 2 aromatic rings. The SMILES string of the molecule is CCCCCCCCOc1cccc(C(=O)Nc2ccc(C(=O)OCC[N+](C)(CC)CC)cc2)c1OCCCCCCCC.[Br-]. The lowest BCUT2D eigenvalue weighted by Crippen LogP contribution is -3.00. The lowest BCUT2D eigenvalue weighted by Gasteiger charge is -2.31. The Balaban J connectivity index is 0.0000101. The number of para-hydroxylation sites is 1. The molecule has 2 rings (SSSR count). The van der Waals surface area contributed by atoms with Crippen LogP contribution in [0.1, 0.15) is 125 Å². The van der Waals surface area contributed by atoms with Gasteiger partial charge in [0.2, 0.25) is 0 Å². The van der Waals surface area contributed by atoms with Crippen LogP contribution < -0.4 is 31.8 Å². The van der Waals surface area contributed by atoms with E-state index in [0.717, 1.165) is 49.8 Å². The molecule has 0 spiro atoms. The number of likely N-dealkylation sites (N-methyl/N-ethyl adjacent to an activating group) is 1. The number of unbranched alkanes of at least 4 members (excludes halogenated alkanes) is 10. The molecule has 2 aromatic carbocycles. The first-order valence-electron chi connectivity index (χ1n) is 17.2. The van der Waals surface area contributed by atoms with Crippen LogP contribution in [0, 0.1) is 0 Å². The summed E-state index contributed by atoms with van der Waals surface area (Å²) in [6.07, 6.45) is 14.1. The van der Waals surface area contributed by atoms with E-state index in [4.69, 9.17) is 14.2 Å². The number of ether oxygens (including phenoxy) is 3. The fourth-order valence-corrected chi connectivity index (χ4v) is 4.95. The highest BCUT2D eigenvalue weighted by atomic mass is 79.9. The van der Waals surface area contributed by atoms with Crippen LogP contribution in [0.15, 0.2) is 42.5 Å². The highest BCUT2D eigenvalue weighted by Crippen LogP contribution is 2.33. The predicted molar refractivity (Wildman–Crippen MR) is 181 cm³/mol. The maximum atomic E-state index is 13.4. The Morgan fingerprint density at radius 1 is 0.689 bits per heavy atom. The van der Waals surface area contributed by atoms with E-state index in [1.54, 1.807) is 30.3 Å². The Labute approximate surface area is 283 Å². The van der Waals surface area contributed by atoms with Gasteiger partial charge in [-0.05, 0) is 63.1 Å². The lowest BCUT2D eigenvalue weighted by molar-refractivity contribution is -0.906. The summed E-state index contributed by atoms with van der Waals surface area (Å²) in [5.74, 6) is 0.465. The summed E-state index contributed by atoms with van der Waals surface area (Å²) in [6.45, 7) is 13.0. The maximum Gasteiger partial charge on any atom is 0.338 e. The number of hydrogen-bond acceptors (Lipinski definition) is 5. The number of benzene rings is 2. The van der Waals surface area contributed by atoms with Gasteiger partial charge in [-0.25, -0.2) is 4.79 Å². The number of carbonyl (C=O) groups excluding carboxylic acids is 2. The van der Waals surface area contributed by atoms with Gasteiger partial charge in [-0.15, -0.1) is 0 Å². The van der Waals surface area contributed by atoms with Gasteiger partial charge in [0.25, 0.3) is 5.91 Å². The summed E-state index contributed by atoms with van der Waals surface area (Å²) in [5, 5.41) is 2.96. The van der Waals surface area contributed by atoms with Crippen LogP contribution in [0.3, 0.4) is 0 Å². The average Bonchev–Trinajstić information content (AvgIpc) is 3.04. The molecule has 0 aliphatic heterocycles. The molecule has 0 aliphatic carbocycles. The molecule has 0 aliphatic rings. The van der Waals surface area contributed by atoms with Crippen molar-refractivity contribution in [3.63, 3.8) is 0 Å². The smallest absolute Gasteiger partial charge is 0.338 e. The molecule has 1 amide bonds. The van der Waals surface area contributed by atoms with Crippen molar-refractivity contribution in [3.8, 4) is 11.5 Å². The van der Waals surface area contributed by atoms with E-state index in [2.05, 4.69) is 40.1 Å². The second kappa shape index (κ2) is 23.7. The molecule has 0 radical (unpaired) electrons. The average molecular weight is 692 g/mol. The quantitative estimate of drug-likeness (QED) is 0.0823. The Kier molecular flexibility index (Phi) is 21.3. The van der Waals surface area contributed by atoms with Crippen LogP contribution in [0.25, 0.3) is 0 Å². The molecule has 0 heterocycles. The van der Waals surface area contributed by atoms with Gasteiger partial charge in [0.05, 0.1) is 44.5 Å². The summed E-state index contributed by atoms with van der Waals surface area (Å²) in [6, 6.07) is 12.3. The van der Waals surface area contributed by atoms with Gasteiger partial charge in [-0.3, -0.25) is 4.79 Å². The first-order valence-corrected chi connectivity index (χ1v) is 17.2. The van der Waals surface area contributed by atoms with Gasteiger partial charge in [-0.1, -0.05) is 84.1 Å². The minimum absolute atomic E-state index is 0. The van der Waals surface area contributed by atoms with Crippen molar-refractivity contribution in [2.24, 2.45) is 0 Å². The molecule has 45 heavy (non-hydrogen) atoms. The summed E-state index contributed by atoms with van der Waals surface area (Å²) < 4.78 is 18.7. The minimum atomic E-state index is -0.359. The molecular formula is C37H59BrN2O5. The highest BCUT2D eigenvalue weighted by Gasteiger charge is 2.20. The van der Waals surface area contributed by atoms with E-state index in [9.17, 15) is 9.59 Å². The molecule has 1 N–H and O–H groups in total. The molecule has 0 aromatic heterocycles. The lowest BCUT2D eigenvalue weighted by atomic mass is 10.1. The van der Waals surface area contributed by atoms with E-state index >= 15 is 0 Å². The van der Waals surface area contributed by atoms with Crippen molar-refractivity contribution < 1.29 is 45.3 Å². The molecule has 0 unspecified atom stereocenters. The maximum absolute atomic E-state index is 13.4. The Hall–Kier alpha value is -2.58. The van der Waals surface area contributed by atoms with Gasteiger partial charge in [0, 0.05) is 5.69 Å². The third-order valence-corrected chi connectivity index (χ3v) is 8.49. The van der Waals surface area contributed by atoms with Crippen LogP contribution in [0.2, 0.25) is 0 Å². The fraction of sp³-hybridized carbons (Fsp3) is 0.622. The Morgan fingerprint density at radius 3 is 1.82 bits per heavy atom. The van der Waals surface area contributed by atoms with Crippen LogP contribution in [-0.4, -0.2) is 62.9 Å².